The van der Waals surface area contributed by atoms with Gasteiger partial charge in [0.05, 0.1) is 10.9 Å². The number of nitrogens with one attached hydrogen (secondary N) is 1. The van der Waals surface area contributed by atoms with Crippen LogP contribution in [0.2, 0.25) is 0 Å². The Balaban J connectivity index is 1.83. The molecule has 0 saturated heterocycles. The molecule has 2 aromatic carbocycles. The zero-order chi connectivity index (χ0) is 16.7. The van der Waals surface area contributed by atoms with Crippen molar-refractivity contribution in [3.05, 3.63) is 65.7 Å². The van der Waals surface area contributed by atoms with E-state index < -0.39 is 0 Å². The molecule has 4 rings (SSSR count). The van der Waals surface area contributed by atoms with E-state index in [2.05, 4.69) is 10.4 Å². The lowest BCUT2D eigenvalue weighted by molar-refractivity contribution is 0.102. The highest BCUT2D eigenvalue weighted by atomic mass is 16.1. The molecule has 118 valence electrons. The van der Waals surface area contributed by atoms with Crippen LogP contribution in [-0.2, 0) is 7.05 Å². The quantitative estimate of drug-likeness (QED) is 0.613. The Kier molecular flexibility index (Phi) is 3.27. The van der Waals surface area contributed by atoms with Crippen LogP contribution in [0.1, 0.15) is 15.9 Å². The number of carbonyl (C=O) groups is 1. The van der Waals surface area contributed by atoms with E-state index in [0.717, 1.165) is 27.5 Å². The third-order valence-corrected chi connectivity index (χ3v) is 4.11. The van der Waals surface area contributed by atoms with Gasteiger partial charge in [-0.05, 0) is 30.7 Å². The minimum absolute atomic E-state index is 0.181. The van der Waals surface area contributed by atoms with E-state index in [1.165, 1.54) is 0 Å². The first-order chi connectivity index (χ1) is 11.6. The highest BCUT2D eigenvalue weighted by molar-refractivity contribution is 6.08. The summed E-state index contributed by atoms with van der Waals surface area (Å²) < 4.78 is 1.70. The molecule has 0 saturated carbocycles. The van der Waals surface area contributed by atoms with Gasteiger partial charge in [-0.1, -0.05) is 36.4 Å². The van der Waals surface area contributed by atoms with Crippen LogP contribution in [0, 0.1) is 6.92 Å². The summed E-state index contributed by atoms with van der Waals surface area (Å²) in [5, 5.41) is 9.19. The Morgan fingerprint density at radius 3 is 2.67 bits per heavy atom. The lowest BCUT2D eigenvalue weighted by atomic mass is 10.1. The number of anilines is 1. The largest absolute Gasteiger partial charge is 0.305 e. The van der Waals surface area contributed by atoms with Gasteiger partial charge >= 0.3 is 0 Å². The molecule has 0 unspecified atom stereocenters. The summed E-state index contributed by atoms with van der Waals surface area (Å²) in [7, 11) is 1.83. The zero-order valence-electron chi connectivity index (χ0n) is 13.4. The second-order valence-electron chi connectivity index (χ2n) is 5.80. The smallest absolute Gasteiger partial charge is 0.256 e. The number of fused-ring (bicyclic) bond motifs is 2. The standard InChI is InChI=1S/C19H16N4O/c1-12-7-6-10-14-11-15-17(22-23(2)18(15)20-16(12)14)21-19(24)13-8-4-3-5-9-13/h3-11H,1-2H3,(H,21,22,24). The first kappa shape index (κ1) is 14.4. The van der Waals surface area contributed by atoms with Gasteiger partial charge in [0.2, 0.25) is 0 Å². The Hall–Kier alpha value is -3.21. The van der Waals surface area contributed by atoms with E-state index in [-0.39, 0.29) is 5.91 Å². The number of rotatable bonds is 2. The van der Waals surface area contributed by atoms with Crippen LogP contribution < -0.4 is 5.32 Å². The van der Waals surface area contributed by atoms with E-state index in [1.807, 2.05) is 56.4 Å². The molecule has 5 heteroatoms. The predicted molar refractivity (Wildman–Crippen MR) is 95.1 cm³/mol. The minimum atomic E-state index is -0.181. The highest BCUT2D eigenvalue weighted by Gasteiger charge is 2.15. The molecule has 0 aliphatic carbocycles. The van der Waals surface area contributed by atoms with Crippen LogP contribution in [0.3, 0.4) is 0 Å². The third-order valence-electron chi connectivity index (χ3n) is 4.11. The predicted octanol–water partition coefficient (Wildman–Crippen LogP) is 3.68. The molecule has 5 nitrogen and oxygen atoms in total. The normalized spacial score (nSPS) is 11.1. The van der Waals surface area contributed by atoms with Gasteiger partial charge in [0.15, 0.2) is 11.5 Å². The van der Waals surface area contributed by atoms with Crippen LogP contribution >= 0.6 is 0 Å². The Labute approximate surface area is 138 Å². The fourth-order valence-corrected chi connectivity index (χ4v) is 2.87. The molecule has 24 heavy (non-hydrogen) atoms. The van der Waals surface area contributed by atoms with Gasteiger partial charge in [0, 0.05) is 18.0 Å². The van der Waals surface area contributed by atoms with Crippen molar-refractivity contribution in [3.8, 4) is 0 Å². The van der Waals surface area contributed by atoms with E-state index in [9.17, 15) is 4.79 Å². The number of amides is 1. The number of para-hydroxylation sites is 1. The lowest BCUT2D eigenvalue weighted by Crippen LogP contribution is -2.12. The number of benzene rings is 2. The summed E-state index contributed by atoms with van der Waals surface area (Å²) in [5.74, 6) is 0.345. The monoisotopic (exact) mass is 316 g/mol. The van der Waals surface area contributed by atoms with Crippen molar-refractivity contribution in [1.29, 1.82) is 0 Å². The second-order valence-corrected chi connectivity index (χ2v) is 5.80. The topological polar surface area (TPSA) is 59.8 Å². The molecule has 0 spiro atoms. The van der Waals surface area contributed by atoms with Crippen molar-refractivity contribution in [2.24, 2.45) is 7.05 Å². The van der Waals surface area contributed by atoms with Crippen molar-refractivity contribution < 1.29 is 4.79 Å². The molecule has 2 aromatic heterocycles. The summed E-state index contributed by atoms with van der Waals surface area (Å²) in [6, 6.07) is 17.2. The fourth-order valence-electron chi connectivity index (χ4n) is 2.87. The fraction of sp³-hybridized carbons (Fsp3) is 0.105. The van der Waals surface area contributed by atoms with Gasteiger partial charge < -0.3 is 5.32 Å². The van der Waals surface area contributed by atoms with Crippen LogP contribution in [0.25, 0.3) is 21.9 Å². The first-order valence-electron chi connectivity index (χ1n) is 7.73. The Morgan fingerprint density at radius 1 is 1.08 bits per heavy atom. The number of pyridine rings is 1. The molecule has 0 fully saturated rings. The molecule has 0 bridgehead atoms. The van der Waals surface area contributed by atoms with Gasteiger partial charge in [-0.15, -0.1) is 0 Å². The summed E-state index contributed by atoms with van der Waals surface area (Å²) in [6.45, 7) is 2.04. The molecular weight excluding hydrogens is 300 g/mol. The van der Waals surface area contributed by atoms with Crippen molar-refractivity contribution in [3.63, 3.8) is 0 Å². The maximum absolute atomic E-state index is 12.4. The van der Waals surface area contributed by atoms with Gasteiger partial charge in [-0.3, -0.25) is 4.79 Å². The zero-order valence-corrected chi connectivity index (χ0v) is 13.4. The van der Waals surface area contributed by atoms with Crippen LogP contribution in [0.15, 0.2) is 54.6 Å². The third kappa shape index (κ3) is 2.31. The van der Waals surface area contributed by atoms with Crippen molar-refractivity contribution in [2.45, 2.75) is 6.92 Å². The molecule has 0 aliphatic rings. The van der Waals surface area contributed by atoms with Gasteiger partial charge in [-0.2, -0.15) is 5.10 Å². The molecule has 4 aromatic rings. The average Bonchev–Trinajstić information content (AvgIpc) is 2.90. The van der Waals surface area contributed by atoms with Gasteiger partial charge in [-0.25, -0.2) is 9.67 Å². The summed E-state index contributed by atoms with van der Waals surface area (Å²) >= 11 is 0. The van der Waals surface area contributed by atoms with E-state index >= 15 is 0 Å². The molecule has 1 amide bonds. The van der Waals surface area contributed by atoms with Crippen LogP contribution in [-0.4, -0.2) is 20.7 Å². The van der Waals surface area contributed by atoms with Crippen LogP contribution in [0.4, 0.5) is 5.82 Å². The molecule has 0 aliphatic heterocycles. The minimum Gasteiger partial charge on any atom is -0.305 e. The van der Waals surface area contributed by atoms with Gasteiger partial charge in [0.25, 0.3) is 5.91 Å². The number of nitrogens with zero attached hydrogens (tertiary/aromatic N) is 3. The SMILES string of the molecule is Cc1cccc2cc3c(NC(=O)c4ccccc4)nn(C)c3nc12. The molecule has 1 N–H and O–H groups in total. The number of aromatic nitrogens is 3. The second kappa shape index (κ2) is 5.45. The number of aryl methyl sites for hydroxylation is 2. The maximum Gasteiger partial charge on any atom is 0.256 e. The van der Waals surface area contributed by atoms with E-state index in [4.69, 9.17) is 4.98 Å². The maximum atomic E-state index is 12.4. The highest BCUT2D eigenvalue weighted by Crippen LogP contribution is 2.27. The number of hydrogen-bond acceptors (Lipinski definition) is 3. The first-order valence-corrected chi connectivity index (χ1v) is 7.73. The molecular formula is C19H16N4O. The number of carbonyl (C=O) groups excluding carboxylic acids is 1. The lowest BCUT2D eigenvalue weighted by Gasteiger charge is -2.04. The molecule has 2 heterocycles. The molecule has 0 radical (unpaired) electrons. The van der Waals surface area contributed by atoms with E-state index in [1.54, 1.807) is 16.8 Å². The Bertz CT molecular complexity index is 1070. The summed E-state index contributed by atoms with van der Waals surface area (Å²) in [4.78, 5) is 17.1. The van der Waals surface area contributed by atoms with E-state index in [0.29, 0.717) is 11.4 Å². The van der Waals surface area contributed by atoms with Crippen molar-refractivity contribution in [2.75, 3.05) is 5.32 Å². The van der Waals surface area contributed by atoms with Crippen LogP contribution in [0.5, 0.6) is 0 Å². The Morgan fingerprint density at radius 2 is 1.88 bits per heavy atom. The van der Waals surface area contributed by atoms with Crippen molar-refractivity contribution >= 4 is 33.7 Å². The summed E-state index contributed by atoms with van der Waals surface area (Å²) in [5.41, 5.74) is 3.42. The average molecular weight is 316 g/mol. The molecule has 0 atom stereocenters. The van der Waals surface area contributed by atoms with Gasteiger partial charge in [0.1, 0.15) is 0 Å². The van der Waals surface area contributed by atoms with Crippen molar-refractivity contribution in [1.82, 2.24) is 14.8 Å². The summed E-state index contributed by atoms with van der Waals surface area (Å²) in [6.07, 6.45) is 0. The number of hydrogen-bond donors (Lipinski definition) is 1.